The summed E-state index contributed by atoms with van der Waals surface area (Å²) in [5.41, 5.74) is 0.00443. The van der Waals surface area contributed by atoms with Crippen LogP contribution in [0.4, 0.5) is 0 Å². The van der Waals surface area contributed by atoms with Gasteiger partial charge in [-0.25, -0.2) is 0 Å². The van der Waals surface area contributed by atoms with E-state index in [9.17, 15) is 10.2 Å². The summed E-state index contributed by atoms with van der Waals surface area (Å²) < 4.78 is 0. The molecule has 0 amide bonds. The third kappa shape index (κ3) is 3.46. The summed E-state index contributed by atoms with van der Waals surface area (Å²) in [7, 11) is 0. The molecule has 3 nitrogen and oxygen atoms in total. The first-order chi connectivity index (χ1) is 9.88. The van der Waals surface area contributed by atoms with E-state index in [0.29, 0.717) is 17.3 Å². The van der Waals surface area contributed by atoms with Crippen LogP contribution in [0.25, 0.3) is 0 Å². The Morgan fingerprint density at radius 1 is 1.10 bits per heavy atom. The number of likely N-dealkylation sites (tertiary alicyclic amines) is 1. The second-order valence-electron chi connectivity index (χ2n) is 8.79. The van der Waals surface area contributed by atoms with Gasteiger partial charge in [-0.1, -0.05) is 26.7 Å². The average molecular weight is 295 g/mol. The van der Waals surface area contributed by atoms with E-state index in [2.05, 4.69) is 18.7 Å². The van der Waals surface area contributed by atoms with Gasteiger partial charge in [-0.2, -0.15) is 0 Å². The highest BCUT2D eigenvalue weighted by Crippen LogP contribution is 2.42. The Balaban J connectivity index is 1.58. The molecule has 4 atom stereocenters. The minimum Gasteiger partial charge on any atom is -0.393 e. The lowest BCUT2D eigenvalue weighted by Gasteiger charge is -2.49. The van der Waals surface area contributed by atoms with Crippen LogP contribution in [0, 0.1) is 17.3 Å². The predicted octanol–water partition coefficient (Wildman–Crippen LogP) is 2.80. The van der Waals surface area contributed by atoms with Gasteiger partial charge < -0.3 is 15.1 Å². The van der Waals surface area contributed by atoms with E-state index < -0.39 is 0 Å². The van der Waals surface area contributed by atoms with Gasteiger partial charge in [0, 0.05) is 25.6 Å². The normalized spacial score (nSPS) is 44.3. The second kappa shape index (κ2) is 5.82. The maximum absolute atomic E-state index is 10.8. The molecule has 21 heavy (non-hydrogen) atoms. The molecule has 1 heterocycles. The van der Waals surface area contributed by atoms with Crippen molar-refractivity contribution in [1.29, 1.82) is 0 Å². The van der Waals surface area contributed by atoms with Gasteiger partial charge in [0.25, 0.3) is 0 Å². The minimum absolute atomic E-state index is 0.120. The highest BCUT2D eigenvalue weighted by molar-refractivity contribution is 4.96. The molecule has 3 fully saturated rings. The van der Waals surface area contributed by atoms with Gasteiger partial charge in [0.1, 0.15) is 0 Å². The lowest BCUT2D eigenvalue weighted by atomic mass is 9.69. The maximum Gasteiger partial charge on any atom is 0.0700 e. The van der Waals surface area contributed by atoms with Crippen molar-refractivity contribution in [3.8, 4) is 0 Å². The summed E-state index contributed by atoms with van der Waals surface area (Å²) in [4.78, 5) is 2.53. The summed E-state index contributed by atoms with van der Waals surface area (Å²) in [6.07, 6.45) is 8.72. The summed E-state index contributed by atoms with van der Waals surface area (Å²) in [5, 5.41) is 21.1. The lowest BCUT2D eigenvalue weighted by Crippen LogP contribution is -2.55. The number of hydrogen-bond acceptors (Lipinski definition) is 3. The van der Waals surface area contributed by atoms with Crippen molar-refractivity contribution in [2.24, 2.45) is 17.3 Å². The van der Waals surface area contributed by atoms with E-state index in [-0.39, 0.29) is 11.7 Å². The van der Waals surface area contributed by atoms with Crippen LogP contribution in [0.1, 0.15) is 65.2 Å². The van der Waals surface area contributed by atoms with Crippen molar-refractivity contribution in [3.63, 3.8) is 0 Å². The molecule has 0 aromatic rings. The smallest absolute Gasteiger partial charge is 0.0700 e. The van der Waals surface area contributed by atoms with Gasteiger partial charge in [0.15, 0.2) is 0 Å². The van der Waals surface area contributed by atoms with Gasteiger partial charge in [0.2, 0.25) is 0 Å². The molecule has 3 aliphatic rings. The fourth-order valence-corrected chi connectivity index (χ4v) is 5.05. The summed E-state index contributed by atoms with van der Waals surface area (Å²) >= 11 is 0. The monoisotopic (exact) mass is 295 g/mol. The topological polar surface area (TPSA) is 43.7 Å². The number of nitrogens with zero attached hydrogens (tertiary/aromatic N) is 1. The molecule has 3 heteroatoms. The lowest BCUT2D eigenvalue weighted by molar-refractivity contribution is -0.103. The van der Waals surface area contributed by atoms with E-state index in [1.807, 2.05) is 0 Å². The standard InChI is InChI=1S/C18H33NO2/c1-17(2)8-6-16(20)14(11-17)12-19-10-9-18(21)7-4-3-5-15(18)13-19/h14-16,20-21H,3-13H2,1-2H3. The number of hydrogen-bond donors (Lipinski definition) is 2. The highest BCUT2D eigenvalue weighted by atomic mass is 16.3. The van der Waals surface area contributed by atoms with E-state index in [1.165, 1.54) is 19.3 Å². The van der Waals surface area contributed by atoms with Crippen molar-refractivity contribution >= 4 is 0 Å². The SMILES string of the molecule is CC1(C)CCC(O)C(CN2CCC3(O)CCCCC3C2)C1. The van der Waals surface area contributed by atoms with Gasteiger partial charge >= 0.3 is 0 Å². The van der Waals surface area contributed by atoms with Crippen LogP contribution in [0.3, 0.4) is 0 Å². The number of rotatable bonds is 2. The number of aliphatic hydroxyl groups excluding tert-OH is 1. The first kappa shape index (κ1) is 15.8. The Morgan fingerprint density at radius 2 is 1.90 bits per heavy atom. The van der Waals surface area contributed by atoms with Crippen molar-refractivity contribution in [1.82, 2.24) is 4.90 Å². The Morgan fingerprint density at radius 3 is 2.71 bits per heavy atom. The third-order valence-electron chi connectivity index (χ3n) is 6.48. The Bertz CT molecular complexity index is 370. The molecule has 0 aromatic carbocycles. The van der Waals surface area contributed by atoms with Crippen LogP contribution in [0.15, 0.2) is 0 Å². The van der Waals surface area contributed by atoms with Crippen LogP contribution >= 0.6 is 0 Å². The summed E-state index contributed by atoms with van der Waals surface area (Å²) in [6.45, 7) is 7.75. The molecule has 0 radical (unpaired) electrons. The Labute approximate surface area is 129 Å². The molecule has 122 valence electrons. The van der Waals surface area contributed by atoms with Gasteiger partial charge in [-0.15, -0.1) is 0 Å². The maximum atomic E-state index is 10.8. The van der Waals surface area contributed by atoms with Crippen LogP contribution in [0.5, 0.6) is 0 Å². The molecule has 4 unspecified atom stereocenters. The second-order valence-corrected chi connectivity index (χ2v) is 8.79. The van der Waals surface area contributed by atoms with Crippen LogP contribution in [0.2, 0.25) is 0 Å². The summed E-state index contributed by atoms with van der Waals surface area (Å²) in [6, 6.07) is 0. The Hall–Kier alpha value is -0.120. The van der Waals surface area contributed by atoms with Crippen LogP contribution in [-0.4, -0.2) is 46.5 Å². The quantitative estimate of drug-likeness (QED) is 0.823. The van der Waals surface area contributed by atoms with E-state index >= 15 is 0 Å². The van der Waals surface area contributed by atoms with Gasteiger partial charge in [-0.05, 0) is 49.9 Å². The van der Waals surface area contributed by atoms with Crippen molar-refractivity contribution in [2.75, 3.05) is 19.6 Å². The molecular weight excluding hydrogens is 262 g/mol. The molecular formula is C18H33NO2. The first-order valence-corrected chi connectivity index (χ1v) is 9.01. The minimum atomic E-state index is -0.376. The molecule has 2 N–H and O–H groups in total. The van der Waals surface area contributed by atoms with Crippen molar-refractivity contribution in [2.45, 2.75) is 76.9 Å². The Kier molecular flexibility index (Phi) is 4.37. The molecule has 2 saturated carbocycles. The molecule has 3 rings (SSSR count). The zero-order chi connectivity index (χ0) is 15.1. The molecule has 0 spiro atoms. The number of aliphatic hydroxyl groups is 2. The predicted molar refractivity (Wildman–Crippen MR) is 85.1 cm³/mol. The van der Waals surface area contributed by atoms with E-state index in [4.69, 9.17) is 0 Å². The largest absolute Gasteiger partial charge is 0.393 e. The zero-order valence-corrected chi connectivity index (χ0v) is 13.9. The fraction of sp³-hybridized carbons (Fsp3) is 1.00. The molecule has 0 aromatic heterocycles. The van der Waals surface area contributed by atoms with E-state index in [0.717, 1.165) is 51.7 Å². The van der Waals surface area contributed by atoms with Gasteiger partial charge in [-0.3, -0.25) is 0 Å². The molecule has 1 aliphatic heterocycles. The first-order valence-electron chi connectivity index (χ1n) is 9.01. The average Bonchev–Trinajstić information content (AvgIpc) is 2.43. The molecule has 1 saturated heterocycles. The summed E-state index contributed by atoms with van der Waals surface area (Å²) in [5.74, 6) is 0.886. The fourth-order valence-electron chi connectivity index (χ4n) is 5.05. The van der Waals surface area contributed by atoms with Crippen LogP contribution in [-0.2, 0) is 0 Å². The zero-order valence-electron chi connectivity index (χ0n) is 13.9. The number of piperidine rings is 1. The van der Waals surface area contributed by atoms with Crippen LogP contribution < -0.4 is 0 Å². The molecule has 2 aliphatic carbocycles. The van der Waals surface area contributed by atoms with E-state index in [1.54, 1.807) is 0 Å². The molecule has 0 bridgehead atoms. The van der Waals surface area contributed by atoms with Crippen molar-refractivity contribution < 1.29 is 10.2 Å². The van der Waals surface area contributed by atoms with Crippen molar-refractivity contribution in [3.05, 3.63) is 0 Å². The van der Waals surface area contributed by atoms with Gasteiger partial charge in [0.05, 0.1) is 11.7 Å². The number of fused-ring (bicyclic) bond motifs is 1. The highest BCUT2D eigenvalue weighted by Gasteiger charge is 2.43. The third-order valence-corrected chi connectivity index (χ3v) is 6.48.